The normalized spacial score (nSPS) is 11.0. The van der Waals surface area contributed by atoms with E-state index in [0.717, 1.165) is 22.9 Å². The molecule has 4 nitrogen and oxygen atoms in total. The van der Waals surface area contributed by atoms with E-state index >= 15 is 0 Å². The number of hydrogen-bond donors (Lipinski definition) is 2. The summed E-state index contributed by atoms with van der Waals surface area (Å²) in [5.41, 5.74) is -0.0886. The minimum absolute atomic E-state index is 0.0886. The summed E-state index contributed by atoms with van der Waals surface area (Å²) < 4.78 is 5.81. The molecular weight excluding hydrogens is 340 g/mol. The van der Waals surface area contributed by atoms with E-state index in [1.165, 1.54) is 69.9 Å². The molecule has 2 N–H and O–H groups in total. The molecule has 0 heterocycles. The van der Waals surface area contributed by atoms with Crippen LogP contribution in [0.4, 0.5) is 0 Å². The number of aromatic carboxylic acids is 1. The van der Waals surface area contributed by atoms with Crippen molar-refractivity contribution in [3.63, 3.8) is 0 Å². The fraction of sp³-hybridized carbons (Fsp3) is 0.522. The predicted octanol–water partition coefficient (Wildman–Crippen LogP) is 6.54. The number of unbranched alkanes of at least 4 members (excludes halogenated alkanes) is 9. The molecule has 0 unspecified atom stereocenters. The maximum atomic E-state index is 11.1. The molecule has 2 aromatic carbocycles. The average Bonchev–Trinajstić information content (AvgIpc) is 2.65. The van der Waals surface area contributed by atoms with Crippen LogP contribution in [0.3, 0.4) is 0 Å². The van der Waals surface area contributed by atoms with Crippen LogP contribution in [-0.2, 0) is 0 Å². The van der Waals surface area contributed by atoms with Crippen molar-refractivity contribution in [3.8, 4) is 11.5 Å². The van der Waals surface area contributed by atoms with E-state index in [1.54, 1.807) is 0 Å². The molecule has 0 aromatic heterocycles. The van der Waals surface area contributed by atoms with Gasteiger partial charge in [0.2, 0.25) is 0 Å². The Kier molecular flexibility index (Phi) is 8.96. The first-order valence-corrected chi connectivity index (χ1v) is 10.2. The predicted molar refractivity (Wildman–Crippen MR) is 110 cm³/mol. The lowest BCUT2D eigenvalue weighted by Gasteiger charge is -2.09. The summed E-state index contributed by atoms with van der Waals surface area (Å²) in [6.45, 7) is 2.92. The molecule has 0 aliphatic heterocycles. The van der Waals surface area contributed by atoms with Crippen molar-refractivity contribution >= 4 is 16.7 Å². The zero-order valence-electron chi connectivity index (χ0n) is 16.4. The lowest BCUT2D eigenvalue weighted by atomic mass is 10.1. The molecule has 0 saturated heterocycles. The van der Waals surface area contributed by atoms with Gasteiger partial charge in [0.1, 0.15) is 17.1 Å². The smallest absolute Gasteiger partial charge is 0.339 e. The van der Waals surface area contributed by atoms with E-state index in [4.69, 9.17) is 9.84 Å². The van der Waals surface area contributed by atoms with Crippen LogP contribution in [0.2, 0.25) is 0 Å². The topological polar surface area (TPSA) is 66.8 Å². The van der Waals surface area contributed by atoms with Gasteiger partial charge in [-0.1, -0.05) is 70.8 Å². The second-order valence-electron chi connectivity index (χ2n) is 7.21. The van der Waals surface area contributed by atoms with Crippen molar-refractivity contribution in [2.45, 2.75) is 71.1 Å². The van der Waals surface area contributed by atoms with Gasteiger partial charge in [0.05, 0.1) is 6.61 Å². The van der Waals surface area contributed by atoms with Gasteiger partial charge in [0, 0.05) is 0 Å². The molecule has 0 spiro atoms. The number of benzene rings is 2. The molecule has 2 rings (SSSR count). The van der Waals surface area contributed by atoms with E-state index in [-0.39, 0.29) is 11.3 Å². The highest BCUT2D eigenvalue weighted by atomic mass is 16.5. The number of carboxylic acids is 1. The number of aromatic hydroxyl groups is 1. The SMILES string of the molecule is CCCCCCCCCCCCOc1ccc2cc(O)c(C(=O)O)cc2c1. The van der Waals surface area contributed by atoms with E-state index in [1.807, 2.05) is 18.2 Å². The average molecular weight is 373 g/mol. The number of fused-ring (bicyclic) bond motifs is 1. The summed E-state index contributed by atoms with van der Waals surface area (Å²) >= 11 is 0. The van der Waals surface area contributed by atoms with Crippen molar-refractivity contribution < 1.29 is 19.7 Å². The molecule has 2 aromatic rings. The Bertz CT molecular complexity index is 724. The van der Waals surface area contributed by atoms with Crippen LogP contribution in [0.15, 0.2) is 30.3 Å². The van der Waals surface area contributed by atoms with Gasteiger partial charge in [-0.15, -0.1) is 0 Å². The summed E-state index contributed by atoms with van der Waals surface area (Å²) in [4.78, 5) is 11.1. The minimum Gasteiger partial charge on any atom is -0.507 e. The lowest BCUT2D eigenvalue weighted by molar-refractivity contribution is 0.0694. The first kappa shape index (κ1) is 21.1. The van der Waals surface area contributed by atoms with Crippen LogP contribution >= 0.6 is 0 Å². The number of ether oxygens (including phenoxy) is 1. The largest absolute Gasteiger partial charge is 0.507 e. The molecular formula is C23H32O4. The van der Waals surface area contributed by atoms with Crippen molar-refractivity contribution in [3.05, 3.63) is 35.9 Å². The molecule has 0 aliphatic rings. The molecule has 27 heavy (non-hydrogen) atoms. The molecule has 4 heteroatoms. The zero-order chi connectivity index (χ0) is 19.5. The molecule has 0 saturated carbocycles. The Labute approximate surface area is 162 Å². The second kappa shape index (κ2) is 11.5. The molecule has 0 aliphatic carbocycles. The summed E-state index contributed by atoms with van der Waals surface area (Å²) in [6.07, 6.45) is 12.9. The van der Waals surface area contributed by atoms with E-state index in [9.17, 15) is 9.90 Å². The Morgan fingerprint density at radius 3 is 2.11 bits per heavy atom. The van der Waals surface area contributed by atoms with Crippen LogP contribution in [0, 0.1) is 0 Å². The third-order valence-electron chi connectivity index (χ3n) is 4.92. The van der Waals surface area contributed by atoms with Crippen molar-refractivity contribution in [2.24, 2.45) is 0 Å². The number of carbonyl (C=O) groups is 1. The summed E-state index contributed by atoms with van der Waals surface area (Å²) in [7, 11) is 0. The highest BCUT2D eigenvalue weighted by Crippen LogP contribution is 2.28. The van der Waals surface area contributed by atoms with Gasteiger partial charge in [-0.25, -0.2) is 4.79 Å². The fourth-order valence-electron chi connectivity index (χ4n) is 3.30. The summed E-state index contributed by atoms with van der Waals surface area (Å²) in [6, 6.07) is 8.50. The van der Waals surface area contributed by atoms with Gasteiger partial charge < -0.3 is 14.9 Å². The first-order chi connectivity index (χ1) is 13.1. The van der Waals surface area contributed by atoms with Crippen molar-refractivity contribution in [1.29, 1.82) is 0 Å². The molecule has 0 fully saturated rings. The quantitative estimate of drug-likeness (QED) is 0.392. The van der Waals surface area contributed by atoms with Gasteiger partial charge in [-0.2, -0.15) is 0 Å². The highest BCUT2D eigenvalue weighted by molar-refractivity contribution is 5.97. The summed E-state index contributed by atoms with van der Waals surface area (Å²) in [5, 5.41) is 20.4. The standard InChI is InChI=1S/C23H32O4/c1-2-3-4-5-6-7-8-9-10-11-14-27-20-13-12-18-17-22(24)21(23(25)26)16-19(18)15-20/h12-13,15-17,24H,2-11,14H2,1H3,(H,25,26). The molecule has 0 amide bonds. The van der Waals surface area contributed by atoms with Crippen LogP contribution in [0.1, 0.15) is 81.5 Å². The number of carboxylic acid groups (broad SMARTS) is 1. The Morgan fingerprint density at radius 1 is 0.852 bits per heavy atom. The van der Waals surface area contributed by atoms with Gasteiger partial charge in [0.15, 0.2) is 0 Å². The number of rotatable bonds is 13. The minimum atomic E-state index is -1.13. The van der Waals surface area contributed by atoms with Gasteiger partial charge in [-0.05, 0) is 41.5 Å². The van der Waals surface area contributed by atoms with E-state index in [2.05, 4.69) is 6.92 Å². The first-order valence-electron chi connectivity index (χ1n) is 10.2. The third-order valence-corrected chi connectivity index (χ3v) is 4.92. The van der Waals surface area contributed by atoms with Gasteiger partial charge in [-0.3, -0.25) is 0 Å². The van der Waals surface area contributed by atoms with Crippen LogP contribution in [0.5, 0.6) is 11.5 Å². The maximum absolute atomic E-state index is 11.1. The monoisotopic (exact) mass is 372 g/mol. The molecule has 0 radical (unpaired) electrons. The van der Waals surface area contributed by atoms with Crippen molar-refractivity contribution in [1.82, 2.24) is 0 Å². The van der Waals surface area contributed by atoms with Crippen LogP contribution < -0.4 is 4.74 Å². The van der Waals surface area contributed by atoms with E-state index < -0.39 is 5.97 Å². The van der Waals surface area contributed by atoms with Crippen LogP contribution in [0.25, 0.3) is 10.8 Å². The van der Waals surface area contributed by atoms with Gasteiger partial charge in [0.25, 0.3) is 0 Å². The Hall–Kier alpha value is -2.23. The Balaban J connectivity index is 1.68. The molecule has 0 bridgehead atoms. The highest BCUT2D eigenvalue weighted by Gasteiger charge is 2.11. The fourth-order valence-corrected chi connectivity index (χ4v) is 3.30. The summed E-state index contributed by atoms with van der Waals surface area (Å²) in [5.74, 6) is -0.611. The molecule has 148 valence electrons. The molecule has 0 atom stereocenters. The maximum Gasteiger partial charge on any atom is 0.339 e. The Morgan fingerprint density at radius 2 is 1.48 bits per heavy atom. The van der Waals surface area contributed by atoms with Gasteiger partial charge >= 0.3 is 5.97 Å². The number of phenols is 1. The van der Waals surface area contributed by atoms with Crippen LogP contribution in [-0.4, -0.2) is 22.8 Å². The second-order valence-corrected chi connectivity index (χ2v) is 7.21. The third kappa shape index (κ3) is 7.12. The van der Waals surface area contributed by atoms with E-state index in [0.29, 0.717) is 6.61 Å². The zero-order valence-corrected chi connectivity index (χ0v) is 16.4. The number of hydrogen-bond acceptors (Lipinski definition) is 3. The lowest BCUT2D eigenvalue weighted by Crippen LogP contribution is -1.98. The van der Waals surface area contributed by atoms with Crippen molar-refractivity contribution in [2.75, 3.05) is 6.61 Å².